The Labute approximate surface area is 236 Å². The van der Waals surface area contributed by atoms with Crippen LogP contribution in [0.2, 0.25) is 0 Å². The van der Waals surface area contributed by atoms with Gasteiger partial charge in [0.15, 0.2) is 0 Å². The third-order valence-electron chi connectivity index (χ3n) is 7.98. The molecule has 3 amide bonds. The number of anilines is 1. The van der Waals surface area contributed by atoms with E-state index in [1.165, 1.54) is 0 Å². The highest BCUT2D eigenvalue weighted by Gasteiger charge is 2.76. The Morgan fingerprint density at radius 3 is 2.39 bits per heavy atom. The molecule has 3 unspecified atom stereocenters. The van der Waals surface area contributed by atoms with Crippen LogP contribution in [0, 0.1) is 17.8 Å². The van der Waals surface area contributed by atoms with E-state index >= 15 is 0 Å². The normalized spacial score (nSPS) is 30.4. The summed E-state index contributed by atoms with van der Waals surface area (Å²) >= 11 is 5.40. The molecule has 2 aromatic carbocycles. The largest absolute Gasteiger partial charge is 0.394 e. The Morgan fingerprint density at radius 1 is 1.11 bits per heavy atom. The van der Waals surface area contributed by atoms with Crippen molar-refractivity contribution >= 4 is 51.1 Å². The molecular weight excluding hydrogens is 566 g/mol. The predicted octanol–water partition coefficient (Wildman–Crippen LogP) is 3.81. The van der Waals surface area contributed by atoms with Crippen LogP contribution in [0.4, 0.5) is 5.69 Å². The minimum atomic E-state index is -0.774. The van der Waals surface area contributed by atoms with E-state index < -0.39 is 28.7 Å². The number of hydrogen-bond donors (Lipinski definition) is 3. The number of nitrogens with one attached hydrogen (secondary N) is 2. The van der Waals surface area contributed by atoms with Gasteiger partial charge < -0.3 is 20.6 Å². The molecule has 3 fully saturated rings. The van der Waals surface area contributed by atoms with Crippen LogP contribution in [-0.4, -0.2) is 61.2 Å². The van der Waals surface area contributed by atoms with Gasteiger partial charge in [0.25, 0.3) is 0 Å². The van der Waals surface area contributed by atoms with Crippen molar-refractivity contribution < 1.29 is 19.5 Å². The number of carbonyl (C=O) groups is 3. The van der Waals surface area contributed by atoms with Crippen LogP contribution in [0.3, 0.4) is 0 Å². The van der Waals surface area contributed by atoms with Gasteiger partial charge in [0.2, 0.25) is 17.7 Å². The maximum Gasteiger partial charge on any atom is 0.244 e. The fourth-order valence-electron chi connectivity index (χ4n) is 6.51. The zero-order chi connectivity index (χ0) is 27.0. The highest BCUT2D eigenvalue weighted by molar-refractivity contribution is 9.09. The fourth-order valence-corrected chi connectivity index (χ4v) is 10.1. The number of fused-ring (bicyclic) bond motifs is 1. The number of halogens is 1. The molecule has 7 atom stereocenters. The molecule has 3 saturated heterocycles. The second kappa shape index (κ2) is 11.0. The molecule has 0 aromatic heterocycles. The molecule has 2 aromatic rings. The maximum absolute atomic E-state index is 14.2. The van der Waals surface area contributed by atoms with Gasteiger partial charge in [0.05, 0.1) is 29.2 Å². The van der Waals surface area contributed by atoms with Crippen molar-refractivity contribution in [1.82, 2.24) is 10.2 Å². The minimum absolute atomic E-state index is 0.00915. The number of rotatable bonds is 9. The Kier molecular flexibility index (Phi) is 7.89. The van der Waals surface area contributed by atoms with Crippen LogP contribution in [0.15, 0.2) is 60.7 Å². The van der Waals surface area contributed by atoms with Gasteiger partial charge in [-0.25, -0.2) is 0 Å². The first-order valence-electron chi connectivity index (χ1n) is 13.2. The molecule has 38 heavy (non-hydrogen) atoms. The molecule has 0 aliphatic carbocycles. The molecule has 9 heteroatoms. The molecule has 5 rings (SSSR count). The molecule has 0 radical (unpaired) electrons. The molecule has 0 saturated carbocycles. The van der Waals surface area contributed by atoms with Crippen molar-refractivity contribution in [1.29, 1.82) is 0 Å². The number of alkyl halides is 1. The summed E-state index contributed by atoms with van der Waals surface area (Å²) in [4.78, 5) is 43.5. The summed E-state index contributed by atoms with van der Waals surface area (Å²) in [6.07, 6.45) is 1.17. The first-order valence-corrected chi connectivity index (χ1v) is 15.0. The van der Waals surface area contributed by atoms with Gasteiger partial charge in [0.1, 0.15) is 6.04 Å². The van der Waals surface area contributed by atoms with E-state index in [-0.39, 0.29) is 40.3 Å². The number of carbonyl (C=O) groups excluding carboxylic acids is 3. The van der Waals surface area contributed by atoms with E-state index in [4.69, 9.17) is 0 Å². The van der Waals surface area contributed by atoms with Gasteiger partial charge in [-0.3, -0.25) is 14.4 Å². The Bertz CT molecular complexity index is 1180. The molecular formula is C29H34BrN3O4S. The lowest BCUT2D eigenvalue weighted by Crippen LogP contribution is -2.57. The summed E-state index contributed by atoms with van der Waals surface area (Å²) in [6.45, 7) is 4.19. The molecule has 202 valence electrons. The second-order valence-corrected chi connectivity index (χ2v) is 13.6. The molecule has 3 N–H and O–H groups in total. The van der Waals surface area contributed by atoms with Gasteiger partial charge >= 0.3 is 0 Å². The summed E-state index contributed by atoms with van der Waals surface area (Å²) < 4.78 is -0.750. The number of para-hydroxylation sites is 1. The maximum atomic E-state index is 14.2. The number of benzene rings is 2. The standard InChI is InChI=1S/C29H34BrN3O4S/c1-17(2)13-20(16-34)33-25(27(36)31-15-18-9-5-3-6-10-18)29-14-21(30)24(38-29)22(23(29)28(33)37)26(35)32-19-11-7-4-8-12-19/h3-12,17,20-25,34H,13-16H2,1-2H3,(H,31,36)(H,32,35)/t20-,21?,22+,23+,24+,25?,29?/m1/s1. The predicted molar refractivity (Wildman–Crippen MR) is 153 cm³/mol. The van der Waals surface area contributed by atoms with Crippen LogP contribution in [-0.2, 0) is 20.9 Å². The van der Waals surface area contributed by atoms with Crippen LogP contribution in [0.1, 0.15) is 32.3 Å². The Balaban J connectivity index is 1.50. The van der Waals surface area contributed by atoms with E-state index in [2.05, 4.69) is 26.6 Å². The van der Waals surface area contributed by atoms with Crippen molar-refractivity contribution in [2.45, 2.75) is 60.1 Å². The summed E-state index contributed by atoms with van der Waals surface area (Å²) in [5.74, 6) is -1.64. The molecule has 3 aliphatic rings. The van der Waals surface area contributed by atoms with Crippen LogP contribution >= 0.6 is 27.7 Å². The molecule has 2 bridgehead atoms. The van der Waals surface area contributed by atoms with Crippen molar-refractivity contribution in [2.24, 2.45) is 17.8 Å². The van der Waals surface area contributed by atoms with Gasteiger partial charge in [-0.05, 0) is 36.5 Å². The van der Waals surface area contributed by atoms with Crippen molar-refractivity contribution in [3.8, 4) is 0 Å². The first kappa shape index (κ1) is 27.2. The van der Waals surface area contributed by atoms with Gasteiger partial charge in [-0.2, -0.15) is 0 Å². The van der Waals surface area contributed by atoms with Crippen molar-refractivity contribution in [3.63, 3.8) is 0 Å². The topological polar surface area (TPSA) is 98.7 Å². The summed E-state index contributed by atoms with van der Waals surface area (Å²) in [5, 5.41) is 16.3. The summed E-state index contributed by atoms with van der Waals surface area (Å²) in [7, 11) is 0. The number of aliphatic hydroxyl groups excluding tert-OH is 1. The van der Waals surface area contributed by atoms with E-state index in [1.54, 1.807) is 16.7 Å². The second-order valence-electron chi connectivity index (χ2n) is 10.9. The van der Waals surface area contributed by atoms with Crippen LogP contribution in [0.25, 0.3) is 0 Å². The monoisotopic (exact) mass is 599 g/mol. The lowest BCUT2D eigenvalue weighted by molar-refractivity contribution is -0.142. The first-order chi connectivity index (χ1) is 18.3. The third kappa shape index (κ3) is 4.77. The zero-order valence-electron chi connectivity index (χ0n) is 21.5. The van der Waals surface area contributed by atoms with Crippen LogP contribution < -0.4 is 10.6 Å². The highest BCUT2D eigenvalue weighted by atomic mass is 79.9. The average molecular weight is 601 g/mol. The number of amides is 3. The van der Waals surface area contributed by atoms with Gasteiger partial charge in [-0.1, -0.05) is 78.3 Å². The Hall–Kier alpha value is -2.36. The molecule has 3 heterocycles. The number of aliphatic hydroxyl groups is 1. The SMILES string of the molecule is CC(C)C[C@H](CO)N1C(=O)[C@@H]2[C@H](C(=O)Nc3ccccc3)[C@H]3SC2(CC3Br)C1C(=O)NCc1ccccc1. The number of likely N-dealkylation sites (tertiary alicyclic amines) is 1. The van der Waals surface area contributed by atoms with E-state index in [0.717, 1.165) is 5.56 Å². The Morgan fingerprint density at radius 2 is 1.76 bits per heavy atom. The van der Waals surface area contributed by atoms with E-state index in [9.17, 15) is 19.5 Å². The van der Waals surface area contributed by atoms with Crippen molar-refractivity contribution in [3.05, 3.63) is 66.2 Å². The minimum Gasteiger partial charge on any atom is -0.394 e. The molecule has 1 spiro atoms. The fraction of sp³-hybridized carbons (Fsp3) is 0.483. The average Bonchev–Trinajstić information content (AvgIpc) is 3.50. The van der Waals surface area contributed by atoms with Gasteiger partial charge in [0, 0.05) is 22.3 Å². The number of thioether (sulfide) groups is 1. The smallest absolute Gasteiger partial charge is 0.244 e. The van der Waals surface area contributed by atoms with Gasteiger partial charge in [-0.15, -0.1) is 11.8 Å². The lowest BCUT2D eigenvalue weighted by atomic mass is 9.70. The lowest BCUT2D eigenvalue weighted by Gasteiger charge is -2.37. The van der Waals surface area contributed by atoms with E-state index in [1.807, 2.05) is 74.5 Å². The highest BCUT2D eigenvalue weighted by Crippen LogP contribution is 2.68. The van der Waals surface area contributed by atoms with Crippen molar-refractivity contribution in [2.75, 3.05) is 11.9 Å². The quantitative estimate of drug-likeness (QED) is 0.381. The summed E-state index contributed by atoms with van der Waals surface area (Å²) in [5.41, 5.74) is 1.64. The van der Waals surface area contributed by atoms with E-state index in [0.29, 0.717) is 25.1 Å². The van der Waals surface area contributed by atoms with Crippen LogP contribution in [0.5, 0.6) is 0 Å². The number of hydrogen-bond acceptors (Lipinski definition) is 5. The molecule has 3 aliphatic heterocycles. The molecule has 7 nitrogen and oxygen atoms in total. The third-order valence-corrected chi connectivity index (χ3v) is 11.2. The number of nitrogens with zero attached hydrogens (tertiary/aromatic N) is 1. The summed E-state index contributed by atoms with van der Waals surface area (Å²) in [6, 6.07) is 17.6. The zero-order valence-corrected chi connectivity index (χ0v) is 24.0.